The van der Waals surface area contributed by atoms with Crippen molar-refractivity contribution in [3.8, 4) is 11.5 Å². The highest BCUT2D eigenvalue weighted by Crippen LogP contribution is 2.38. The van der Waals surface area contributed by atoms with Crippen LogP contribution in [0.4, 0.5) is 10.5 Å². The number of amides is 4. The minimum atomic E-state index is -0.863. The molecule has 1 fully saturated rings. The molecule has 0 aliphatic carbocycles. The number of nitrogens with one attached hydrogen (secondary N) is 1. The minimum Gasteiger partial charge on any atom is -0.493 e. The SMILES string of the molecule is COc1cc(/C=C2\C(=O)NC(=O)N(c3ccc(C)c(Cl)c3)C2=O)cc(Cl)c1OCc1cc(C)cc(C)c1. The number of urea groups is 1. The number of nitrogens with zero attached hydrogens (tertiary/aromatic N) is 1. The van der Waals surface area contributed by atoms with Crippen LogP contribution in [0.5, 0.6) is 11.5 Å². The summed E-state index contributed by atoms with van der Waals surface area (Å²) in [5.41, 5.74) is 4.40. The predicted molar refractivity (Wildman–Crippen MR) is 143 cm³/mol. The third kappa shape index (κ3) is 5.63. The van der Waals surface area contributed by atoms with Gasteiger partial charge in [-0.05, 0) is 67.8 Å². The summed E-state index contributed by atoms with van der Waals surface area (Å²) in [6.07, 6.45) is 1.34. The number of methoxy groups -OCH3 is 1. The molecule has 37 heavy (non-hydrogen) atoms. The van der Waals surface area contributed by atoms with E-state index in [9.17, 15) is 14.4 Å². The first-order valence-electron chi connectivity index (χ1n) is 11.3. The van der Waals surface area contributed by atoms with Gasteiger partial charge in [-0.2, -0.15) is 0 Å². The van der Waals surface area contributed by atoms with E-state index in [4.69, 9.17) is 32.7 Å². The van der Waals surface area contributed by atoms with Crippen LogP contribution in [0.1, 0.15) is 27.8 Å². The Morgan fingerprint density at radius 3 is 2.27 bits per heavy atom. The molecule has 7 nitrogen and oxygen atoms in total. The van der Waals surface area contributed by atoms with Gasteiger partial charge in [0.15, 0.2) is 11.5 Å². The van der Waals surface area contributed by atoms with Gasteiger partial charge >= 0.3 is 6.03 Å². The molecule has 0 spiro atoms. The fourth-order valence-corrected chi connectivity index (χ4v) is 4.50. The molecule has 190 valence electrons. The van der Waals surface area contributed by atoms with Crippen LogP contribution in [-0.2, 0) is 16.2 Å². The van der Waals surface area contributed by atoms with E-state index in [0.717, 1.165) is 27.2 Å². The van der Waals surface area contributed by atoms with E-state index in [1.807, 2.05) is 26.0 Å². The third-order valence-electron chi connectivity index (χ3n) is 5.74. The number of aryl methyl sites for hydroxylation is 3. The topological polar surface area (TPSA) is 84.9 Å². The number of ether oxygens (including phenoxy) is 2. The van der Waals surface area contributed by atoms with Crippen molar-refractivity contribution in [1.82, 2.24) is 5.32 Å². The fraction of sp³-hybridized carbons (Fsp3) is 0.179. The molecule has 1 aliphatic rings. The van der Waals surface area contributed by atoms with Crippen molar-refractivity contribution in [3.05, 3.63) is 92.0 Å². The van der Waals surface area contributed by atoms with Crippen LogP contribution < -0.4 is 19.7 Å². The largest absolute Gasteiger partial charge is 0.493 e. The number of anilines is 1. The molecule has 1 heterocycles. The van der Waals surface area contributed by atoms with E-state index in [-0.39, 0.29) is 22.9 Å². The van der Waals surface area contributed by atoms with Crippen LogP contribution in [-0.4, -0.2) is 25.0 Å². The Labute approximate surface area is 224 Å². The number of carbonyl (C=O) groups excluding carboxylic acids is 3. The van der Waals surface area contributed by atoms with E-state index in [1.54, 1.807) is 31.2 Å². The van der Waals surface area contributed by atoms with Crippen molar-refractivity contribution in [1.29, 1.82) is 0 Å². The molecule has 0 radical (unpaired) electrons. The molecule has 3 aromatic carbocycles. The number of rotatable bonds is 6. The summed E-state index contributed by atoms with van der Waals surface area (Å²) in [5, 5.41) is 2.81. The lowest BCUT2D eigenvalue weighted by Gasteiger charge is -2.26. The number of hydrogen-bond donors (Lipinski definition) is 1. The minimum absolute atomic E-state index is 0.234. The Hall–Kier alpha value is -3.81. The molecule has 0 aromatic heterocycles. The van der Waals surface area contributed by atoms with Crippen molar-refractivity contribution in [2.45, 2.75) is 27.4 Å². The standard InChI is InChI=1S/C28H24Cl2N2O5/c1-15-7-16(2)9-19(8-15)14-37-25-23(30)11-18(12-24(25)36-4)10-21-26(33)31-28(35)32(27(21)34)20-6-5-17(3)22(29)13-20/h5-13H,14H2,1-4H3,(H,31,33,35)/b21-10+. The summed E-state index contributed by atoms with van der Waals surface area (Å²) in [6, 6.07) is 13.2. The van der Waals surface area contributed by atoms with Crippen LogP contribution in [0.25, 0.3) is 6.08 Å². The molecule has 4 rings (SSSR count). The summed E-state index contributed by atoms with van der Waals surface area (Å²) in [4.78, 5) is 39.1. The Balaban J connectivity index is 1.65. The highest BCUT2D eigenvalue weighted by atomic mass is 35.5. The molecule has 1 aliphatic heterocycles. The highest BCUT2D eigenvalue weighted by Gasteiger charge is 2.37. The van der Waals surface area contributed by atoms with Gasteiger partial charge in [-0.25, -0.2) is 9.69 Å². The molecule has 3 aromatic rings. The second-order valence-electron chi connectivity index (χ2n) is 8.71. The molecule has 1 saturated heterocycles. The molecule has 4 amide bonds. The van der Waals surface area contributed by atoms with Crippen LogP contribution in [0.3, 0.4) is 0 Å². The molecule has 1 N–H and O–H groups in total. The molecule has 0 bridgehead atoms. The number of benzene rings is 3. The Kier molecular flexibility index (Phi) is 7.57. The number of imide groups is 2. The normalized spacial score (nSPS) is 14.7. The van der Waals surface area contributed by atoms with E-state index < -0.39 is 17.8 Å². The zero-order chi connectivity index (χ0) is 26.9. The maximum atomic E-state index is 13.2. The van der Waals surface area contributed by atoms with Gasteiger partial charge in [0.2, 0.25) is 0 Å². The monoisotopic (exact) mass is 538 g/mol. The zero-order valence-corrected chi connectivity index (χ0v) is 22.2. The summed E-state index contributed by atoms with van der Waals surface area (Å²) in [7, 11) is 1.46. The number of barbiturate groups is 1. The Morgan fingerprint density at radius 2 is 1.62 bits per heavy atom. The number of halogens is 2. The zero-order valence-electron chi connectivity index (χ0n) is 20.6. The fourth-order valence-electron chi connectivity index (χ4n) is 4.05. The van der Waals surface area contributed by atoms with Crippen LogP contribution in [0.15, 0.2) is 54.1 Å². The molecule has 0 unspecified atom stereocenters. The first-order valence-corrected chi connectivity index (χ1v) is 12.1. The Morgan fingerprint density at radius 1 is 0.919 bits per heavy atom. The van der Waals surface area contributed by atoms with Gasteiger partial charge in [-0.3, -0.25) is 14.9 Å². The summed E-state index contributed by atoms with van der Waals surface area (Å²) in [6.45, 7) is 6.09. The highest BCUT2D eigenvalue weighted by molar-refractivity contribution is 6.39. The van der Waals surface area contributed by atoms with E-state index in [1.165, 1.54) is 19.3 Å². The van der Waals surface area contributed by atoms with Crippen LogP contribution in [0.2, 0.25) is 10.0 Å². The first kappa shape index (κ1) is 26.3. The average molecular weight is 539 g/mol. The van der Waals surface area contributed by atoms with E-state index in [2.05, 4.69) is 11.4 Å². The second-order valence-corrected chi connectivity index (χ2v) is 9.52. The third-order valence-corrected chi connectivity index (χ3v) is 6.43. The summed E-state index contributed by atoms with van der Waals surface area (Å²) < 4.78 is 11.4. The summed E-state index contributed by atoms with van der Waals surface area (Å²) in [5.74, 6) is -0.963. The molecular weight excluding hydrogens is 515 g/mol. The lowest BCUT2D eigenvalue weighted by molar-refractivity contribution is -0.122. The smallest absolute Gasteiger partial charge is 0.335 e. The second kappa shape index (κ2) is 10.7. The van der Waals surface area contributed by atoms with Gasteiger partial charge < -0.3 is 9.47 Å². The van der Waals surface area contributed by atoms with Crippen molar-refractivity contribution in [2.24, 2.45) is 0 Å². The van der Waals surface area contributed by atoms with Crippen molar-refractivity contribution < 1.29 is 23.9 Å². The average Bonchev–Trinajstić information content (AvgIpc) is 2.82. The van der Waals surface area contributed by atoms with Crippen LogP contribution >= 0.6 is 23.2 Å². The quantitative estimate of drug-likeness (QED) is 0.299. The van der Waals surface area contributed by atoms with Gasteiger partial charge in [0.25, 0.3) is 11.8 Å². The van der Waals surface area contributed by atoms with Crippen molar-refractivity contribution in [2.75, 3.05) is 12.0 Å². The van der Waals surface area contributed by atoms with Crippen molar-refractivity contribution in [3.63, 3.8) is 0 Å². The maximum Gasteiger partial charge on any atom is 0.335 e. The van der Waals surface area contributed by atoms with E-state index in [0.29, 0.717) is 22.1 Å². The predicted octanol–water partition coefficient (Wildman–Crippen LogP) is 6.17. The molecule has 9 heteroatoms. The van der Waals surface area contributed by atoms with Gasteiger partial charge in [-0.1, -0.05) is 58.6 Å². The van der Waals surface area contributed by atoms with Gasteiger partial charge in [0, 0.05) is 5.02 Å². The molecular formula is C28H24Cl2N2O5. The first-order chi connectivity index (χ1) is 17.6. The van der Waals surface area contributed by atoms with Gasteiger partial charge in [-0.15, -0.1) is 0 Å². The molecule has 0 saturated carbocycles. The lowest BCUT2D eigenvalue weighted by Crippen LogP contribution is -2.54. The van der Waals surface area contributed by atoms with Crippen molar-refractivity contribution >= 4 is 52.8 Å². The Bertz CT molecular complexity index is 1440. The van der Waals surface area contributed by atoms with E-state index >= 15 is 0 Å². The number of carbonyl (C=O) groups is 3. The van der Waals surface area contributed by atoms with Gasteiger partial charge in [0.05, 0.1) is 17.8 Å². The van der Waals surface area contributed by atoms with Gasteiger partial charge in [0.1, 0.15) is 12.2 Å². The molecule has 0 atom stereocenters. The lowest BCUT2D eigenvalue weighted by atomic mass is 10.1. The summed E-state index contributed by atoms with van der Waals surface area (Å²) >= 11 is 12.7. The number of hydrogen-bond acceptors (Lipinski definition) is 5. The van der Waals surface area contributed by atoms with Crippen LogP contribution in [0, 0.1) is 20.8 Å². The maximum absolute atomic E-state index is 13.2.